The first-order valence-corrected chi connectivity index (χ1v) is 8.30. The van der Waals surface area contributed by atoms with Gasteiger partial charge in [0, 0.05) is 10.4 Å². The summed E-state index contributed by atoms with van der Waals surface area (Å²) in [4.78, 5) is 16.0. The van der Waals surface area contributed by atoms with Crippen molar-refractivity contribution in [2.24, 2.45) is 0 Å². The Kier molecular flexibility index (Phi) is 5.87. The lowest BCUT2D eigenvalue weighted by Crippen LogP contribution is -2.31. The third-order valence-corrected chi connectivity index (χ3v) is 4.82. The van der Waals surface area contributed by atoms with E-state index >= 15 is 0 Å². The van der Waals surface area contributed by atoms with Crippen LogP contribution in [0, 0.1) is 5.82 Å². The van der Waals surface area contributed by atoms with E-state index in [-0.39, 0.29) is 17.2 Å². The van der Waals surface area contributed by atoms with Crippen LogP contribution in [-0.4, -0.2) is 33.4 Å². The minimum absolute atomic E-state index is 0.116. The van der Waals surface area contributed by atoms with Crippen LogP contribution in [0.2, 0.25) is 0 Å². The van der Waals surface area contributed by atoms with Crippen molar-refractivity contribution in [1.29, 1.82) is 0 Å². The smallest absolute Gasteiger partial charge is 0.425 e. The van der Waals surface area contributed by atoms with Crippen molar-refractivity contribution in [1.82, 2.24) is 4.98 Å². The van der Waals surface area contributed by atoms with Crippen molar-refractivity contribution in [2.45, 2.75) is 39.2 Å². The van der Waals surface area contributed by atoms with Crippen molar-refractivity contribution < 1.29 is 37.3 Å². The van der Waals surface area contributed by atoms with E-state index in [1.54, 1.807) is 6.92 Å². The summed E-state index contributed by atoms with van der Waals surface area (Å²) < 4.78 is 57.3. The van der Waals surface area contributed by atoms with Gasteiger partial charge in [-0.1, -0.05) is 6.92 Å². The quantitative estimate of drug-likeness (QED) is 0.725. The van der Waals surface area contributed by atoms with Crippen molar-refractivity contribution in [3.05, 3.63) is 34.1 Å². The lowest BCUT2D eigenvalue weighted by Gasteiger charge is -2.19. The average Bonchev–Trinajstić information content (AvgIpc) is 2.98. The first kappa shape index (κ1) is 20.1. The highest BCUT2D eigenvalue weighted by molar-refractivity contribution is 7.15. The lowest BCUT2D eigenvalue weighted by molar-refractivity contribution is -0.189. The normalized spacial score (nSPS) is 12.9. The number of carboxylic acids is 1. The first-order valence-electron chi connectivity index (χ1n) is 7.48. The molecule has 0 saturated carbocycles. The number of aromatic nitrogens is 1. The Labute approximate surface area is 149 Å². The fourth-order valence-electron chi connectivity index (χ4n) is 2.14. The summed E-state index contributed by atoms with van der Waals surface area (Å²) in [5.74, 6) is -3.20. The van der Waals surface area contributed by atoms with Crippen LogP contribution in [0.15, 0.2) is 12.1 Å². The minimum Gasteiger partial charge on any atom is -0.480 e. The van der Waals surface area contributed by atoms with Crippen molar-refractivity contribution >= 4 is 17.3 Å². The topological polar surface area (TPSA) is 79.7 Å². The van der Waals surface area contributed by atoms with Crippen LogP contribution in [0.4, 0.5) is 17.6 Å². The van der Waals surface area contributed by atoms with E-state index in [0.29, 0.717) is 23.1 Å². The van der Waals surface area contributed by atoms with Gasteiger partial charge in [0.15, 0.2) is 6.10 Å². The average molecular weight is 393 g/mol. The first-order chi connectivity index (χ1) is 12.1. The summed E-state index contributed by atoms with van der Waals surface area (Å²) in [6.07, 6.45) is -6.48. The number of aliphatic hydroxyl groups excluding tert-OH is 1. The molecule has 0 spiro atoms. The summed E-state index contributed by atoms with van der Waals surface area (Å²) in [6, 6.07) is 1.49. The SMILES string of the molecule is CCc1sc(-c2cc(O[C@@H](C)C(F)(F)F)c(C(=O)O)cc2F)nc1CO. The molecule has 0 unspecified atom stereocenters. The Morgan fingerprint density at radius 2 is 2.04 bits per heavy atom. The van der Waals surface area contributed by atoms with Crippen LogP contribution in [0.25, 0.3) is 10.6 Å². The van der Waals surface area contributed by atoms with Gasteiger partial charge in [0.05, 0.1) is 12.3 Å². The van der Waals surface area contributed by atoms with Gasteiger partial charge < -0.3 is 14.9 Å². The van der Waals surface area contributed by atoms with E-state index in [1.165, 1.54) is 0 Å². The summed E-state index contributed by atoms with van der Waals surface area (Å²) in [6.45, 7) is 2.15. The number of aryl methyl sites for hydroxylation is 1. The molecule has 0 fully saturated rings. The maximum atomic E-state index is 14.4. The third-order valence-electron chi connectivity index (χ3n) is 3.54. The molecule has 26 heavy (non-hydrogen) atoms. The Balaban J connectivity index is 2.56. The number of nitrogens with zero attached hydrogens (tertiary/aromatic N) is 1. The van der Waals surface area contributed by atoms with Gasteiger partial charge in [0.1, 0.15) is 22.1 Å². The van der Waals surface area contributed by atoms with Gasteiger partial charge in [0.25, 0.3) is 0 Å². The van der Waals surface area contributed by atoms with Crippen molar-refractivity contribution in [2.75, 3.05) is 0 Å². The fourth-order valence-corrected chi connectivity index (χ4v) is 3.17. The number of aliphatic hydroxyl groups is 1. The number of halogens is 4. The van der Waals surface area contributed by atoms with Crippen LogP contribution in [0.3, 0.4) is 0 Å². The van der Waals surface area contributed by atoms with Gasteiger partial charge in [-0.05, 0) is 25.5 Å². The number of alkyl halides is 3. The molecule has 10 heteroatoms. The summed E-state index contributed by atoms with van der Waals surface area (Å²) in [5, 5.41) is 18.5. The molecular formula is C16H15F4NO4S. The highest BCUT2D eigenvalue weighted by Gasteiger charge is 2.39. The second-order valence-corrected chi connectivity index (χ2v) is 6.42. The second-order valence-electron chi connectivity index (χ2n) is 5.34. The van der Waals surface area contributed by atoms with E-state index in [9.17, 15) is 27.5 Å². The number of carbonyl (C=O) groups is 1. The van der Waals surface area contributed by atoms with E-state index < -0.39 is 35.4 Å². The zero-order valence-electron chi connectivity index (χ0n) is 13.7. The third kappa shape index (κ3) is 4.13. The van der Waals surface area contributed by atoms with Gasteiger partial charge in [-0.2, -0.15) is 13.2 Å². The molecule has 0 aliphatic rings. The summed E-state index contributed by atoms with van der Waals surface area (Å²) in [7, 11) is 0. The molecule has 2 aromatic rings. The summed E-state index contributed by atoms with van der Waals surface area (Å²) in [5.41, 5.74) is -0.587. The Morgan fingerprint density at radius 3 is 2.50 bits per heavy atom. The van der Waals surface area contributed by atoms with Crippen LogP contribution in [0.1, 0.15) is 34.8 Å². The second kappa shape index (κ2) is 7.58. The number of ether oxygens (including phenoxy) is 1. The number of hydrogen-bond donors (Lipinski definition) is 2. The van der Waals surface area contributed by atoms with Gasteiger partial charge in [0.2, 0.25) is 0 Å². The molecule has 0 aliphatic heterocycles. The number of thiazole rings is 1. The summed E-state index contributed by atoms with van der Waals surface area (Å²) >= 11 is 1.06. The number of carboxylic acid groups (broad SMARTS) is 1. The molecule has 0 aliphatic carbocycles. The maximum absolute atomic E-state index is 14.4. The Morgan fingerprint density at radius 1 is 1.38 bits per heavy atom. The van der Waals surface area contributed by atoms with Crippen molar-refractivity contribution in [3.63, 3.8) is 0 Å². The molecule has 2 N–H and O–H groups in total. The van der Waals surface area contributed by atoms with Crippen LogP contribution in [0.5, 0.6) is 5.75 Å². The molecule has 1 heterocycles. The van der Waals surface area contributed by atoms with Gasteiger partial charge in [-0.15, -0.1) is 11.3 Å². The van der Waals surface area contributed by atoms with Crippen molar-refractivity contribution in [3.8, 4) is 16.3 Å². The monoisotopic (exact) mass is 393 g/mol. The zero-order valence-corrected chi connectivity index (χ0v) is 14.5. The van der Waals surface area contributed by atoms with Crippen LogP contribution in [-0.2, 0) is 13.0 Å². The molecule has 0 bridgehead atoms. The zero-order chi connectivity index (χ0) is 19.6. The molecule has 1 aromatic heterocycles. The number of benzene rings is 1. The number of hydrogen-bond acceptors (Lipinski definition) is 5. The molecule has 0 radical (unpaired) electrons. The molecule has 142 valence electrons. The molecule has 5 nitrogen and oxygen atoms in total. The molecule has 0 amide bonds. The number of rotatable bonds is 6. The van der Waals surface area contributed by atoms with E-state index in [0.717, 1.165) is 24.3 Å². The van der Waals surface area contributed by atoms with Gasteiger partial charge in [-0.3, -0.25) is 0 Å². The fraction of sp³-hybridized carbons (Fsp3) is 0.375. The molecule has 0 saturated heterocycles. The van der Waals surface area contributed by atoms with E-state index in [4.69, 9.17) is 9.84 Å². The highest BCUT2D eigenvalue weighted by Crippen LogP contribution is 2.36. The predicted molar refractivity (Wildman–Crippen MR) is 85.9 cm³/mol. The standard InChI is InChI=1S/C16H15F4NO4S/c1-3-13-11(6-22)21-14(26-13)8-5-12(25-7(2)16(18,19)20)9(15(23)24)4-10(8)17/h4-5,7,22H,3,6H2,1-2H3,(H,23,24)/t7-/m0/s1. The molecule has 1 aromatic carbocycles. The minimum atomic E-state index is -4.72. The van der Waals surface area contributed by atoms with Gasteiger partial charge in [-0.25, -0.2) is 14.2 Å². The maximum Gasteiger partial charge on any atom is 0.425 e. The van der Waals surface area contributed by atoms with Crippen LogP contribution >= 0.6 is 11.3 Å². The molecule has 2 rings (SSSR count). The Hall–Kier alpha value is -2.20. The molecular weight excluding hydrogens is 378 g/mol. The lowest BCUT2D eigenvalue weighted by atomic mass is 10.1. The highest BCUT2D eigenvalue weighted by atomic mass is 32.1. The number of aromatic carboxylic acids is 1. The molecule has 1 atom stereocenters. The largest absolute Gasteiger partial charge is 0.480 e. The van der Waals surface area contributed by atoms with E-state index in [2.05, 4.69) is 4.98 Å². The van der Waals surface area contributed by atoms with Gasteiger partial charge >= 0.3 is 12.1 Å². The van der Waals surface area contributed by atoms with E-state index in [1.807, 2.05) is 0 Å². The predicted octanol–water partition coefficient (Wildman–Crippen LogP) is 4.03. The van der Waals surface area contributed by atoms with Crippen LogP contribution < -0.4 is 4.74 Å². The Bertz CT molecular complexity index is 798.